The van der Waals surface area contributed by atoms with Gasteiger partial charge >= 0.3 is 5.97 Å². The summed E-state index contributed by atoms with van der Waals surface area (Å²) >= 11 is 0. The van der Waals surface area contributed by atoms with E-state index in [4.69, 9.17) is 5.73 Å². The lowest BCUT2D eigenvalue weighted by molar-refractivity contribution is -0.122. The number of hydrogen-bond acceptors (Lipinski definition) is 5. The minimum atomic E-state index is -1.31. The predicted molar refractivity (Wildman–Crippen MR) is 122 cm³/mol. The van der Waals surface area contributed by atoms with Crippen LogP contribution >= 0.6 is 12.4 Å². The van der Waals surface area contributed by atoms with E-state index in [1.54, 1.807) is 17.6 Å². The lowest BCUT2D eigenvalue weighted by Gasteiger charge is -2.27. The van der Waals surface area contributed by atoms with Crippen molar-refractivity contribution in [1.82, 2.24) is 9.88 Å². The first-order chi connectivity index (χ1) is 14.6. The number of nitrogens with zero attached hydrogens (tertiary/aromatic N) is 2. The van der Waals surface area contributed by atoms with Gasteiger partial charge in [0.2, 0.25) is 11.3 Å². The number of benzene rings is 1. The minimum Gasteiger partial charge on any atom is -0.477 e. The second-order valence-corrected chi connectivity index (χ2v) is 9.12. The van der Waals surface area contributed by atoms with E-state index in [-0.39, 0.29) is 40.7 Å². The molecule has 8 nitrogen and oxygen atoms in total. The molecule has 1 saturated heterocycles. The summed E-state index contributed by atoms with van der Waals surface area (Å²) in [7, 11) is 0. The second kappa shape index (κ2) is 8.71. The van der Waals surface area contributed by atoms with Crippen LogP contribution in [0.15, 0.2) is 23.1 Å². The van der Waals surface area contributed by atoms with E-state index in [1.165, 1.54) is 6.20 Å². The molecule has 0 radical (unpaired) electrons. The lowest BCUT2D eigenvalue weighted by atomic mass is 9.89. The fourth-order valence-corrected chi connectivity index (χ4v) is 4.24. The number of anilines is 1. The largest absolute Gasteiger partial charge is 0.477 e. The number of aromatic nitrogens is 1. The van der Waals surface area contributed by atoms with Crippen molar-refractivity contribution in [2.45, 2.75) is 45.2 Å². The van der Waals surface area contributed by atoms with Crippen molar-refractivity contribution in [3.63, 3.8) is 0 Å². The molecule has 2 unspecified atom stereocenters. The number of pyridine rings is 1. The first-order valence-corrected chi connectivity index (χ1v) is 10.5. The summed E-state index contributed by atoms with van der Waals surface area (Å²) < 4.78 is 16.9. The number of fused-ring (bicyclic) bond motifs is 1. The quantitative estimate of drug-likeness (QED) is 0.601. The number of rotatable bonds is 6. The van der Waals surface area contributed by atoms with Crippen LogP contribution in [0.5, 0.6) is 0 Å². The van der Waals surface area contributed by atoms with E-state index in [2.05, 4.69) is 5.32 Å². The van der Waals surface area contributed by atoms with Crippen LogP contribution in [0.1, 0.15) is 49.5 Å². The highest BCUT2D eigenvalue weighted by molar-refractivity contribution is 5.93. The summed E-state index contributed by atoms with van der Waals surface area (Å²) in [5.74, 6) is -2.09. The van der Waals surface area contributed by atoms with E-state index >= 15 is 4.39 Å². The number of carboxylic acid groups (broad SMARTS) is 1. The zero-order valence-corrected chi connectivity index (χ0v) is 18.9. The van der Waals surface area contributed by atoms with Gasteiger partial charge in [-0.3, -0.25) is 9.59 Å². The predicted octanol–water partition coefficient (Wildman–Crippen LogP) is 2.28. The number of nitrogens with two attached hydrogens (primary N) is 1. The third-order valence-electron chi connectivity index (χ3n) is 6.27. The number of carbonyl (C=O) groups is 2. The maximum absolute atomic E-state index is 15.1. The number of nitrogens with one attached hydrogen (secondary N) is 1. The molecule has 1 saturated carbocycles. The number of aromatic carboxylic acids is 1. The SMILES string of the molecule is CC(N)C(=O)NCC1(C)CCN(c2cc3c(cc2F)c(=O)c(C(=O)O)cn3C2CC2)C1.Cl. The molecule has 32 heavy (non-hydrogen) atoms. The number of amides is 1. The molecule has 0 bridgehead atoms. The molecule has 0 spiro atoms. The third-order valence-corrected chi connectivity index (χ3v) is 6.27. The molecular weight excluding hydrogens is 439 g/mol. The molecule has 4 rings (SSSR count). The van der Waals surface area contributed by atoms with Gasteiger partial charge in [0.05, 0.1) is 17.2 Å². The minimum absolute atomic E-state index is 0. The van der Waals surface area contributed by atoms with Gasteiger partial charge in [-0.1, -0.05) is 6.92 Å². The topological polar surface area (TPSA) is 118 Å². The molecule has 1 aliphatic heterocycles. The van der Waals surface area contributed by atoms with Gasteiger partial charge in [-0.15, -0.1) is 12.4 Å². The first kappa shape index (κ1) is 24.0. The molecule has 2 aromatic rings. The van der Waals surface area contributed by atoms with E-state index < -0.39 is 23.3 Å². The molecule has 1 aromatic heterocycles. The van der Waals surface area contributed by atoms with Crippen LogP contribution in [-0.2, 0) is 4.79 Å². The maximum atomic E-state index is 15.1. The zero-order chi connectivity index (χ0) is 22.5. The van der Waals surface area contributed by atoms with Gasteiger partial charge in [0, 0.05) is 42.7 Å². The van der Waals surface area contributed by atoms with E-state index in [9.17, 15) is 19.5 Å². The summed E-state index contributed by atoms with van der Waals surface area (Å²) in [5.41, 5.74) is 5.28. The average Bonchev–Trinajstić information content (AvgIpc) is 3.48. The highest BCUT2D eigenvalue weighted by Gasteiger charge is 2.36. The van der Waals surface area contributed by atoms with Gasteiger partial charge in [0.15, 0.2) is 0 Å². The van der Waals surface area contributed by atoms with Crippen molar-refractivity contribution in [3.8, 4) is 0 Å². The Balaban J connectivity index is 0.00000289. The van der Waals surface area contributed by atoms with Gasteiger partial charge in [-0.2, -0.15) is 0 Å². The molecule has 1 aromatic carbocycles. The fourth-order valence-electron chi connectivity index (χ4n) is 4.24. The van der Waals surface area contributed by atoms with Crippen LogP contribution < -0.4 is 21.4 Å². The van der Waals surface area contributed by atoms with Crippen molar-refractivity contribution in [3.05, 3.63) is 39.9 Å². The van der Waals surface area contributed by atoms with E-state index in [0.29, 0.717) is 30.8 Å². The van der Waals surface area contributed by atoms with Crippen molar-refractivity contribution >= 4 is 40.9 Å². The Bertz CT molecular complexity index is 1130. The molecule has 1 amide bonds. The van der Waals surface area contributed by atoms with Gasteiger partial charge in [-0.05, 0) is 38.3 Å². The molecule has 1 aliphatic carbocycles. The van der Waals surface area contributed by atoms with Crippen LogP contribution in [0.25, 0.3) is 10.9 Å². The van der Waals surface area contributed by atoms with E-state index in [0.717, 1.165) is 25.3 Å². The number of carbonyl (C=O) groups excluding carboxylic acids is 1. The molecule has 2 heterocycles. The molecule has 2 atom stereocenters. The number of halogens is 2. The molecule has 4 N–H and O–H groups in total. The summed E-state index contributed by atoms with van der Waals surface area (Å²) in [6.45, 7) is 5.24. The molecule has 2 aliphatic rings. The monoisotopic (exact) mass is 466 g/mol. The Hall–Kier alpha value is -2.65. The Labute approximate surface area is 191 Å². The number of carboxylic acids is 1. The normalized spacial score (nSPS) is 21.3. The van der Waals surface area contributed by atoms with Gasteiger partial charge in [-0.25, -0.2) is 9.18 Å². The van der Waals surface area contributed by atoms with Crippen molar-refractivity contribution in [1.29, 1.82) is 0 Å². The molecule has 10 heteroatoms. The summed E-state index contributed by atoms with van der Waals surface area (Å²) in [4.78, 5) is 37.9. The van der Waals surface area contributed by atoms with Crippen molar-refractivity contribution in [2.24, 2.45) is 11.1 Å². The van der Waals surface area contributed by atoms with Crippen LogP contribution in [0, 0.1) is 11.2 Å². The van der Waals surface area contributed by atoms with E-state index in [1.807, 2.05) is 11.8 Å². The standard InChI is InChI=1S/C22H27FN4O4.ClH/c1-12(24)20(29)25-10-22(2)5-6-26(11-22)18-8-17-14(7-16(18)23)19(28)15(21(30)31)9-27(17)13-3-4-13;/h7-9,12-13H,3-6,10-11,24H2,1-2H3,(H,25,29)(H,30,31);1H. The van der Waals surface area contributed by atoms with Crippen LogP contribution in [0.4, 0.5) is 10.1 Å². The zero-order valence-electron chi connectivity index (χ0n) is 18.1. The molecular formula is C22H28ClFN4O4. The van der Waals surface area contributed by atoms with Crippen LogP contribution in [0.2, 0.25) is 0 Å². The average molecular weight is 467 g/mol. The number of hydrogen-bond donors (Lipinski definition) is 3. The maximum Gasteiger partial charge on any atom is 0.341 e. The van der Waals surface area contributed by atoms with Crippen LogP contribution in [0.3, 0.4) is 0 Å². The molecule has 2 fully saturated rings. The van der Waals surface area contributed by atoms with Crippen LogP contribution in [-0.4, -0.2) is 47.2 Å². The van der Waals surface area contributed by atoms with Gasteiger partial charge in [0.1, 0.15) is 11.4 Å². The summed E-state index contributed by atoms with van der Waals surface area (Å²) in [6.07, 6.45) is 3.93. The lowest BCUT2D eigenvalue weighted by Crippen LogP contribution is -2.44. The van der Waals surface area contributed by atoms with Crippen molar-refractivity contribution < 1.29 is 19.1 Å². The highest BCUT2D eigenvalue weighted by Crippen LogP contribution is 2.39. The highest BCUT2D eigenvalue weighted by atomic mass is 35.5. The molecule has 174 valence electrons. The third kappa shape index (κ3) is 4.45. The van der Waals surface area contributed by atoms with Gasteiger partial charge in [0.25, 0.3) is 0 Å². The second-order valence-electron chi connectivity index (χ2n) is 9.12. The fraction of sp³-hybridized carbons (Fsp3) is 0.500. The summed E-state index contributed by atoms with van der Waals surface area (Å²) in [5, 5.41) is 12.3. The Kier molecular flexibility index (Phi) is 6.53. The summed E-state index contributed by atoms with van der Waals surface area (Å²) in [6, 6.07) is 2.35. The Morgan fingerprint density at radius 3 is 2.66 bits per heavy atom. The van der Waals surface area contributed by atoms with Gasteiger partial charge < -0.3 is 25.6 Å². The smallest absolute Gasteiger partial charge is 0.341 e. The van der Waals surface area contributed by atoms with Crippen molar-refractivity contribution in [2.75, 3.05) is 24.5 Å². The first-order valence-electron chi connectivity index (χ1n) is 10.5. The Morgan fingerprint density at radius 1 is 1.38 bits per heavy atom. The Morgan fingerprint density at radius 2 is 2.06 bits per heavy atom.